The van der Waals surface area contributed by atoms with E-state index in [1.807, 2.05) is 0 Å². The largest absolute Gasteiger partial charge is 0.337 e. The summed E-state index contributed by atoms with van der Waals surface area (Å²) in [6, 6.07) is 7.31. The molecule has 3 rings (SSSR count). The maximum Gasteiger partial charge on any atom is 0.253 e. The van der Waals surface area contributed by atoms with Gasteiger partial charge in [-0.25, -0.2) is 9.37 Å². The van der Waals surface area contributed by atoms with Gasteiger partial charge in [0.05, 0.1) is 6.33 Å². The van der Waals surface area contributed by atoms with Gasteiger partial charge in [-0.05, 0) is 19.1 Å². The molecule has 0 saturated carbocycles. The van der Waals surface area contributed by atoms with E-state index in [4.69, 9.17) is 4.52 Å². The topological polar surface area (TPSA) is 73.8 Å². The highest BCUT2D eigenvalue weighted by Gasteiger charge is 2.10. The minimum atomic E-state index is -0.377. The van der Waals surface area contributed by atoms with Crippen molar-refractivity contribution in [2.45, 2.75) is 13.5 Å². The van der Waals surface area contributed by atoms with Gasteiger partial charge in [0, 0.05) is 17.3 Å². The second kappa shape index (κ2) is 5.28. The standard InChI is InChI=1S/C14H11FN4O2/c1-9-5-13(20)19(8-16-9)7-12-17-14(18-21-12)10-3-2-4-11(15)6-10/h2-6,8H,7H2,1H3. The Bertz CT molecular complexity index is 841. The van der Waals surface area contributed by atoms with Gasteiger partial charge in [0.15, 0.2) is 0 Å². The van der Waals surface area contributed by atoms with Gasteiger partial charge in [-0.1, -0.05) is 17.3 Å². The summed E-state index contributed by atoms with van der Waals surface area (Å²) < 4.78 is 19.6. The minimum absolute atomic E-state index is 0.119. The fraction of sp³-hybridized carbons (Fsp3) is 0.143. The van der Waals surface area contributed by atoms with Crippen molar-refractivity contribution >= 4 is 0 Å². The third-order valence-electron chi connectivity index (χ3n) is 2.87. The van der Waals surface area contributed by atoms with Crippen LogP contribution >= 0.6 is 0 Å². The first-order valence-electron chi connectivity index (χ1n) is 6.23. The zero-order valence-corrected chi connectivity index (χ0v) is 11.2. The van der Waals surface area contributed by atoms with E-state index in [1.165, 1.54) is 29.1 Å². The summed E-state index contributed by atoms with van der Waals surface area (Å²) in [5.74, 6) is 0.150. The predicted molar refractivity (Wildman–Crippen MR) is 72.0 cm³/mol. The van der Waals surface area contributed by atoms with Gasteiger partial charge in [-0.15, -0.1) is 0 Å². The second-order valence-corrected chi connectivity index (χ2v) is 4.52. The lowest BCUT2D eigenvalue weighted by molar-refractivity contribution is 0.369. The van der Waals surface area contributed by atoms with E-state index < -0.39 is 0 Å². The number of rotatable bonds is 3. The first kappa shape index (κ1) is 13.2. The third-order valence-corrected chi connectivity index (χ3v) is 2.87. The molecule has 3 aromatic rings. The lowest BCUT2D eigenvalue weighted by Crippen LogP contribution is -2.20. The Balaban J connectivity index is 1.87. The van der Waals surface area contributed by atoms with Crippen LogP contribution in [0.2, 0.25) is 0 Å². The highest BCUT2D eigenvalue weighted by molar-refractivity contribution is 5.53. The highest BCUT2D eigenvalue weighted by Crippen LogP contribution is 2.16. The Morgan fingerprint density at radius 1 is 1.33 bits per heavy atom. The van der Waals surface area contributed by atoms with Crippen molar-refractivity contribution in [3.8, 4) is 11.4 Å². The molecule has 1 aromatic carbocycles. The van der Waals surface area contributed by atoms with Gasteiger partial charge in [0.2, 0.25) is 11.7 Å². The molecule has 21 heavy (non-hydrogen) atoms. The second-order valence-electron chi connectivity index (χ2n) is 4.52. The summed E-state index contributed by atoms with van der Waals surface area (Å²) in [5, 5.41) is 3.78. The average molecular weight is 286 g/mol. The first-order valence-corrected chi connectivity index (χ1v) is 6.23. The maximum atomic E-state index is 13.2. The van der Waals surface area contributed by atoms with Crippen molar-refractivity contribution in [2.24, 2.45) is 0 Å². The Hall–Kier alpha value is -2.83. The Labute approximate surface area is 118 Å². The van der Waals surface area contributed by atoms with Crippen LogP contribution in [0.25, 0.3) is 11.4 Å². The molecule has 0 fully saturated rings. The molecule has 0 bridgehead atoms. The molecular weight excluding hydrogens is 275 g/mol. The highest BCUT2D eigenvalue weighted by atomic mass is 19.1. The number of hydrogen-bond donors (Lipinski definition) is 0. The fourth-order valence-electron chi connectivity index (χ4n) is 1.84. The summed E-state index contributed by atoms with van der Waals surface area (Å²) in [5.41, 5.74) is 0.953. The van der Waals surface area contributed by atoms with Gasteiger partial charge in [0.1, 0.15) is 12.4 Å². The molecule has 106 valence electrons. The van der Waals surface area contributed by atoms with E-state index in [1.54, 1.807) is 19.1 Å². The van der Waals surface area contributed by atoms with Gasteiger partial charge in [0.25, 0.3) is 5.56 Å². The van der Waals surface area contributed by atoms with Crippen molar-refractivity contribution in [1.29, 1.82) is 0 Å². The smallest absolute Gasteiger partial charge is 0.253 e. The van der Waals surface area contributed by atoms with E-state index in [0.29, 0.717) is 11.3 Å². The molecular formula is C14H11FN4O2. The van der Waals surface area contributed by atoms with Crippen molar-refractivity contribution in [3.05, 3.63) is 64.4 Å². The number of aryl methyl sites for hydroxylation is 1. The quantitative estimate of drug-likeness (QED) is 0.734. The molecule has 0 aliphatic heterocycles. The minimum Gasteiger partial charge on any atom is -0.337 e. The SMILES string of the molecule is Cc1cc(=O)n(Cc2nc(-c3cccc(F)c3)no2)cn1. The van der Waals surface area contributed by atoms with E-state index in [-0.39, 0.29) is 29.6 Å². The lowest BCUT2D eigenvalue weighted by atomic mass is 10.2. The van der Waals surface area contributed by atoms with E-state index in [2.05, 4.69) is 15.1 Å². The first-order chi connectivity index (χ1) is 10.1. The van der Waals surface area contributed by atoms with Crippen LogP contribution < -0.4 is 5.56 Å². The van der Waals surface area contributed by atoms with Crippen LogP contribution in [-0.4, -0.2) is 19.7 Å². The molecule has 0 radical (unpaired) electrons. The molecule has 0 amide bonds. The molecule has 6 nitrogen and oxygen atoms in total. The zero-order valence-electron chi connectivity index (χ0n) is 11.2. The molecule has 0 N–H and O–H groups in total. The number of halogens is 1. The monoisotopic (exact) mass is 286 g/mol. The van der Waals surface area contributed by atoms with Crippen molar-refractivity contribution in [1.82, 2.24) is 19.7 Å². The van der Waals surface area contributed by atoms with Crippen LogP contribution in [0.1, 0.15) is 11.6 Å². The number of benzene rings is 1. The van der Waals surface area contributed by atoms with Crippen LogP contribution in [0.15, 0.2) is 46.0 Å². The normalized spacial score (nSPS) is 10.8. The molecule has 7 heteroatoms. The summed E-state index contributed by atoms with van der Waals surface area (Å²) in [6.45, 7) is 1.86. The Morgan fingerprint density at radius 3 is 2.95 bits per heavy atom. The Morgan fingerprint density at radius 2 is 2.19 bits per heavy atom. The van der Waals surface area contributed by atoms with Gasteiger partial charge in [-0.2, -0.15) is 4.98 Å². The van der Waals surface area contributed by atoms with E-state index in [9.17, 15) is 9.18 Å². The van der Waals surface area contributed by atoms with Crippen LogP contribution in [0.5, 0.6) is 0 Å². The van der Waals surface area contributed by atoms with Crippen molar-refractivity contribution in [3.63, 3.8) is 0 Å². The number of nitrogens with zero attached hydrogens (tertiary/aromatic N) is 4. The molecule has 2 aromatic heterocycles. The molecule has 0 unspecified atom stereocenters. The number of hydrogen-bond acceptors (Lipinski definition) is 5. The number of aromatic nitrogens is 4. The fourth-order valence-corrected chi connectivity index (χ4v) is 1.84. The summed E-state index contributed by atoms with van der Waals surface area (Å²) in [4.78, 5) is 19.9. The average Bonchev–Trinajstić information content (AvgIpc) is 2.91. The molecule has 0 spiro atoms. The summed E-state index contributed by atoms with van der Waals surface area (Å²) >= 11 is 0. The van der Waals surface area contributed by atoms with Crippen molar-refractivity contribution in [2.75, 3.05) is 0 Å². The third kappa shape index (κ3) is 2.86. The molecule has 2 heterocycles. The lowest BCUT2D eigenvalue weighted by Gasteiger charge is -2.00. The van der Waals surface area contributed by atoms with Crippen LogP contribution in [0, 0.1) is 12.7 Å². The molecule has 0 saturated heterocycles. The van der Waals surface area contributed by atoms with Gasteiger partial charge in [-0.3, -0.25) is 9.36 Å². The van der Waals surface area contributed by atoms with Crippen LogP contribution in [0.3, 0.4) is 0 Å². The van der Waals surface area contributed by atoms with Crippen LogP contribution in [-0.2, 0) is 6.54 Å². The van der Waals surface area contributed by atoms with Crippen LogP contribution in [0.4, 0.5) is 4.39 Å². The summed E-state index contributed by atoms with van der Waals surface area (Å²) in [6.07, 6.45) is 1.42. The van der Waals surface area contributed by atoms with E-state index in [0.717, 1.165) is 0 Å². The van der Waals surface area contributed by atoms with Gasteiger partial charge < -0.3 is 4.52 Å². The Kier molecular flexibility index (Phi) is 3.31. The van der Waals surface area contributed by atoms with Crippen molar-refractivity contribution < 1.29 is 8.91 Å². The summed E-state index contributed by atoms with van der Waals surface area (Å²) in [7, 11) is 0. The maximum absolute atomic E-state index is 13.2. The molecule has 0 aliphatic rings. The predicted octanol–water partition coefficient (Wildman–Crippen LogP) is 1.79. The molecule has 0 aliphatic carbocycles. The molecule has 0 atom stereocenters. The van der Waals surface area contributed by atoms with E-state index >= 15 is 0 Å². The van der Waals surface area contributed by atoms with Gasteiger partial charge >= 0.3 is 0 Å². The zero-order chi connectivity index (χ0) is 14.8.